The summed E-state index contributed by atoms with van der Waals surface area (Å²) in [5.41, 5.74) is 10.8. The van der Waals surface area contributed by atoms with Crippen LogP contribution in [-0.2, 0) is 13.0 Å². The van der Waals surface area contributed by atoms with E-state index in [1.807, 2.05) is 6.07 Å². The quantitative estimate of drug-likeness (QED) is 0.854. The van der Waals surface area contributed by atoms with E-state index >= 15 is 0 Å². The van der Waals surface area contributed by atoms with E-state index < -0.39 is 0 Å². The number of hydrogen-bond donors (Lipinski definition) is 1. The fourth-order valence-electron chi connectivity index (χ4n) is 2.79. The van der Waals surface area contributed by atoms with Gasteiger partial charge in [-0.05, 0) is 44.4 Å². The van der Waals surface area contributed by atoms with Gasteiger partial charge in [0.2, 0.25) is 0 Å². The molecule has 1 aliphatic heterocycles. The summed E-state index contributed by atoms with van der Waals surface area (Å²) >= 11 is 1.80. The largest absolute Gasteiger partial charge is 0.398 e. The molecule has 0 amide bonds. The van der Waals surface area contributed by atoms with Gasteiger partial charge in [-0.1, -0.05) is 6.07 Å². The number of hydrogen-bond acceptors (Lipinski definition) is 4. The summed E-state index contributed by atoms with van der Waals surface area (Å²) in [5, 5.41) is 1.15. The van der Waals surface area contributed by atoms with Crippen molar-refractivity contribution in [3.63, 3.8) is 0 Å². The third-order valence-electron chi connectivity index (χ3n) is 3.72. The summed E-state index contributed by atoms with van der Waals surface area (Å²) in [4.78, 5) is 8.33. The van der Waals surface area contributed by atoms with Crippen molar-refractivity contribution in [2.75, 3.05) is 17.2 Å². The van der Waals surface area contributed by atoms with Gasteiger partial charge in [0, 0.05) is 22.8 Å². The number of fused-ring (bicyclic) bond motifs is 1. The Balaban J connectivity index is 1.92. The predicted molar refractivity (Wildman–Crippen MR) is 81.8 cm³/mol. The van der Waals surface area contributed by atoms with Crippen LogP contribution in [0.5, 0.6) is 0 Å². The van der Waals surface area contributed by atoms with Gasteiger partial charge < -0.3 is 10.6 Å². The van der Waals surface area contributed by atoms with Gasteiger partial charge >= 0.3 is 0 Å². The number of benzene rings is 1. The first-order valence-electron chi connectivity index (χ1n) is 6.70. The van der Waals surface area contributed by atoms with Gasteiger partial charge in [0.05, 0.1) is 17.2 Å². The SMILES string of the molecule is Cc1nc(C)c(CN2CCCc3c(N)cccc32)s1. The summed E-state index contributed by atoms with van der Waals surface area (Å²) in [6, 6.07) is 6.25. The highest BCUT2D eigenvalue weighted by molar-refractivity contribution is 7.11. The first kappa shape index (κ1) is 12.5. The molecule has 0 saturated carbocycles. The van der Waals surface area contributed by atoms with Crippen LogP contribution in [0.3, 0.4) is 0 Å². The van der Waals surface area contributed by atoms with Crippen LogP contribution >= 0.6 is 11.3 Å². The van der Waals surface area contributed by atoms with Crippen molar-refractivity contribution in [3.8, 4) is 0 Å². The molecule has 2 heterocycles. The third-order valence-corrected chi connectivity index (χ3v) is 4.77. The van der Waals surface area contributed by atoms with Crippen molar-refractivity contribution in [2.45, 2.75) is 33.2 Å². The van der Waals surface area contributed by atoms with E-state index in [9.17, 15) is 0 Å². The molecule has 0 unspecified atom stereocenters. The number of rotatable bonds is 2. The molecular formula is C15H19N3S. The Kier molecular flexibility index (Phi) is 3.19. The van der Waals surface area contributed by atoms with E-state index in [4.69, 9.17) is 5.73 Å². The predicted octanol–water partition coefficient (Wildman–Crippen LogP) is 3.29. The van der Waals surface area contributed by atoms with Gasteiger partial charge in [-0.3, -0.25) is 0 Å². The van der Waals surface area contributed by atoms with Crippen LogP contribution < -0.4 is 10.6 Å². The van der Waals surface area contributed by atoms with Crippen LogP contribution in [0.25, 0.3) is 0 Å². The van der Waals surface area contributed by atoms with Crippen molar-refractivity contribution in [2.24, 2.45) is 0 Å². The first-order valence-corrected chi connectivity index (χ1v) is 7.52. The average molecular weight is 273 g/mol. The molecular weight excluding hydrogens is 254 g/mol. The summed E-state index contributed by atoms with van der Waals surface area (Å²) < 4.78 is 0. The second-order valence-corrected chi connectivity index (χ2v) is 6.40. The summed E-state index contributed by atoms with van der Waals surface area (Å²) in [7, 11) is 0. The van der Waals surface area contributed by atoms with Gasteiger partial charge in [-0.15, -0.1) is 11.3 Å². The molecule has 0 saturated heterocycles. The molecule has 2 aromatic rings. The van der Waals surface area contributed by atoms with E-state index in [0.717, 1.165) is 30.2 Å². The van der Waals surface area contributed by atoms with E-state index in [0.29, 0.717) is 0 Å². The molecule has 0 fully saturated rings. The summed E-state index contributed by atoms with van der Waals surface area (Å²) in [6.45, 7) is 6.23. The number of anilines is 2. The molecule has 0 bridgehead atoms. The highest BCUT2D eigenvalue weighted by Gasteiger charge is 2.20. The normalized spacial score (nSPS) is 14.5. The Labute approximate surface area is 118 Å². The minimum Gasteiger partial charge on any atom is -0.398 e. The second-order valence-electron chi connectivity index (χ2n) is 5.11. The fourth-order valence-corrected chi connectivity index (χ4v) is 3.74. The van der Waals surface area contributed by atoms with Crippen molar-refractivity contribution in [1.82, 2.24) is 4.98 Å². The number of nitrogens with two attached hydrogens (primary N) is 1. The smallest absolute Gasteiger partial charge is 0.0900 e. The van der Waals surface area contributed by atoms with Crippen LogP contribution in [0.2, 0.25) is 0 Å². The van der Waals surface area contributed by atoms with Gasteiger partial charge in [0.1, 0.15) is 0 Å². The molecule has 19 heavy (non-hydrogen) atoms. The average Bonchev–Trinajstić information content (AvgIpc) is 2.69. The van der Waals surface area contributed by atoms with E-state index in [-0.39, 0.29) is 0 Å². The number of aromatic nitrogens is 1. The molecule has 0 spiro atoms. The summed E-state index contributed by atoms with van der Waals surface area (Å²) in [5.74, 6) is 0. The van der Waals surface area contributed by atoms with E-state index in [2.05, 4.69) is 35.9 Å². The van der Waals surface area contributed by atoms with Crippen LogP contribution in [0.4, 0.5) is 11.4 Å². The molecule has 1 aromatic carbocycles. The molecule has 1 aliphatic rings. The summed E-state index contributed by atoms with van der Waals surface area (Å²) in [6.07, 6.45) is 2.28. The van der Waals surface area contributed by atoms with E-state index in [1.54, 1.807) is 11.3 Å². The van der Waals surface area contributed by atoms with Gasteiger partial charge in [0.25, 0.3) is 0 Å². The van der Waals surface area contributed by atoms with Crippen molar-refractivity contribution in [3.05, 3.63) is 39.3 Å². The Morgan fingerprint density at radius 3 is 2.95 bits per heavy atom. The maximum Gasteiger partial charge on any atom is 0.0900 e. The van der Waals surface area contributed by atoms with Crippen LogP contribution in [0, 0.1) is 13.8 Å². The lowest BCUT2D eigenvalue weighted by Crippen LogP contribution is -2.29. The van der Waals surface area contributed by atoms with Crippen molar-refractivity contribution in [1.29, 1.82) is 0 Å². The monoisotopic (exact) mass is 273 g/mol. The zero-order valence-corrected chi connectivity index (χ0v) is 12.3. The molecule has 0 radical (unpaired) electrons. The number of nitrogens with zero attached hydrogens (tertiary/aromatic N) is 2. The zero-order valence-electron chi connectivity index (χ0n) is 11.4. The van der Waals surface area contributed by atoms with Crippen molar-refractivity contribution >= 4 is 22.7 Å². The zero-order chi connectivity index (χ0) is 13.4. The third kappa shape index (κ3) is 2.32. The molecule has 4 heteroatoms. The maximum atomic E-state index is 6.09. The molecule has 0 atom stereocenters. The van der Waals surface area contributed by atoms with Gasteiger partial charge in [0.15, 0.2) is 0 Å². The van der Waals surface area contributed by atoms with Crippen LogP contribution in [-0.4, -0.2) is 11.5 Å². The minimum atomic E-state index is 0.930. The molecule has 3 nitrogen and oxygen atoms in total. The van der Waals surface area contributed by atoms with Crippen molar-refractivity contribution < 1.29 is 0 Å². The topological polar surface area (TPSA) is 42.2 Å². The second kappa shape index (κ2) is 4.85. The fraction of sp³-hybridized carbons (Fsp3) is 0.400. The lowest BCUT2D eigenvalue weighted by Gasteiger charge is -2.31. The first-order chi connectivity index (χ1) is 9.15. The standard InChI is InChI=1S/C15H19N3S/c1-10-15(19-11(2)17-10)9-18-8-4-5-12-13(16)6-3-7-14(12)18/h3,6-7H,4-5,8-9,16H2,1-2H3. The highest BCUT2D eigenvalue weighted by Crippen LogP contribution is 2.33. The minimum absolute atomic E-state index is 0.930. The molecule has 2 N–H and O–H groups in total. The van der Waals surface area contributed by atoms with Crippen LogP contribution in [0.1, 0.15) is 27.6 Å². The Morgan fingerprint density at radius 2 is 2.21 bits per heavy atom. The number of thiazole rings is 1. The lowest BCUT2D eigenvalue weighted by atomic mass is 10.00. The highest BCUT2D eigenvalue weighted by atomic mass is 32.1. The lowest BCUT2D eigenvalue weighted by molar-refractivity contribution is 0.694. The molecule has 1 aromatic heterocycles. The molecule has 3 rings (SSSR count). The molecule has 100 valence electrons. The maximum absolute atomic E-state index is 6.09. The van der Waals surface area contributed by atoms with E-state index in [1.165, 1.54) is 28.2 Å². The molecule has 0 aliphatic carbocycles. The van der Waals surface area contributed by atoms with Gasteiger partial charge in [-0.25, -0.2) is 4.98 Å². The van der Waals surface area contributed by atoms with Crippen LogP contribution in [0.15, 0.2) is 18.2 Å². The number of aryl methyl sites for hydroxylation is 2. The Morgan fingerprint density at radius 1 is 1.37 bits per heavy atom. The Hall–Kier alpha value is -1.55. The Bertz CT molecular complexity index is 603. The van der Waals surface area contributed by atoms with Gasteiger partial charge in [-0.2, -0.15) is 0 Å². The number of nitrogen functional groups attached to an aromatic ring is 1.